The number of rotatable bonds is 5. The van der Waals surface area contributed by atoms with Crippen LogP contribution in [0.5, 0.6) is 0 Å². The Bertz CT molecular complexity index is 729. The van der Waals surface area contributed by atoms with Crippen molar-refractivity contribution in [2.45, 2.75) is 30.3 Å². The first-order valence-electron chi connectivity index (χ1n) is 7.34. The lowest BCUT2D eigenvalue weighted by atomic mass is 10.2. The van der Waals surface area contributed by atoms with Crippen molar-refractivity contribution in [1.29, 1.82) is 0 Å². The van der Waals surface area contributed by atoms with Gasteiger partial charge in [0.25, 0.3) is 11.7 Å². The summed E-state index contributed by atoms with van der Waals surface area (Å²) in [5.74, 6) is -0.336. The van der Waals surface area contributed by atoms with Crippen molar-refractivity contribution < 1.29 is 13.5 Å². The van der Waals surface area contributed by atoms with Gasteiger partial charge in [0.1, 0.15) is 0 Å². The highest BCUT2D eigenvalue weighted by Crippen LogP contribution is 2.32. The third kappa shape index (κ3) is 3.48. The van der Waals surface area contributed by atoms with Crippen LogP contribution in [-0.4, -0.2) is 38.0 Å². The zero-order chi connectivity index (χ0) is 16.4. The predicted molar refractivity (Wildman–Crippen MR) is 84.0 cm³/mol. The van der Waals surface area contributed by atoms with Gasteiger partial charge in [0.05, 0.1) is 6.04 Å². The Labute approximate surface area is 136 Å². The van der Waals surface area contributed by atoms with Crippen LogP contribution < -0.4 is 5.73 Å². The molecule has 0 spiro atoms. The Morgan fingerprint density at radius 2 is 2.17 bits per heavy atom. The topological polar surface area (TPSA) is 102 Å². The summed E-state index contributed by atoms with van der Waals surface area (Å²) in [4.78, 5) is 18.2. The van der Waals surface area contributed by atoms with E-state index in [0.717, 1.165) is 36.4 Å². The molecule has 1 aromatic carbocycles. The van der Waals surface area contributed by atoms with E-state index in [9.17, 15) is 9.00 Å². The Morgan fingerprint density at radius 3 is 2.78 bits per heavy atom. The van der Waals surface area contributed by atoms with E-state index in [0.29, 0.717) is 5.89 Å². The van der Waals surface area contributed by atoms with Crippen molar-refractivity contribution in [2.24, 2.45) is 5.73 Å². The Morgan fingerprint density at radius 1 is 1.43 bits per heavy atom. The molecule has 0 radical (unpaired) electrons. The molecule has 122 valence electrons. The number of carbonyl (C=O) groups is 1. The first-order valence-corrected chi connectivity index (χ1v) is 8.90. The minimum Gasteiger partial charge on any atom is -0.363 e. The molecule has 2 atom stereocenters. The van der Waals surface area contributed by atoms with Crippen LogP contribution in [0.2, 0.25) is 0 Å². The fourth-order valence-corrected chi connectivity index (χ4v) is 3.31. The quantitative estimate of drug-likeness (QED) is 0.882. The second-order valence-electron chi connectivity index (χ2n) is 5.55. The van der Waals surface area contributed by atoms with E-state index >= 15 is 0 Å². The Kier molecular flexibility index (Phi) is 4.53. The molecule has 1 aromatic heterocycles. The van der Waals surface area contributed by atoms with Gasteiger partial charge in [-0.25, -0.2) is 0 Å². The van der Waals surface area contributed by atoms with Gasteiger partial charge in [-0.3, -0.25) is 13.9 Å². The van der Waals surface area contributed by atoms with E-state index in [4.69, 9.17) is 10.3 Å². The molecule has 0 saturated carbocycles. The first kappa shape index (κ1) is 15.8. The molecule has 1 aliphatic rings. The summed E-state index contributed by atoms with van der Waals surface area (Å²) in [5, 5.41) is 3.61. The molecule has 0 unspecified atom stereocenters. The molecule has 8 heteroatoms. The number of primary amides is 1. The molecular weight excluding hydrogens is 316 g/mol. The maximum Gasteiger partial charge on any atom is 0.290 e. The van der Waals surface area contributed by atoms with Gasteiger partial charge in [0.15, 0.2) is 0 Å². The van der Waals surface area contributed by atoms with Crippen LogP contribution in [0.25, 0.3) is 0 Å². The van der Waals surface area contributed by atoms with Gasteiger partial charge in [-0.2, -0.15) is 4.98 Å². The summed E-state index contributed by atoms with van der Waals surface area (Å²) in [6.45, 7) is 1.65. The van der Waals surface area contributed by atoms with Crippen LogP contribution in [0.3, 0.4) is 0 Å². The van der Waals surface area contributed by atoms with Crippen LogP contribution in [0, 0.1) is 0 Å². The first-order chi connectivity index (χ1) is 11.0. The standard InChI is InChI=1S/C15H18N4O3S/c1-23(21)11-6-4-10(5-7-11)9-19-8-2-3-12(19)15-17-14(13(16)20)18-22-15/h4-7,12H,2-3,8-9H2,1H3,(H2,16,20)/t12-,23+/m1/s1. The third-order valence-electron chi connectivity index (χ3n) is 3.95. The van der Waals surface area contributed by atoms with Crippen molar-refractivity contribution >= 4 is 16.7 Å². The van der Waals surface area contributed by atoms with Gasteiger partial charge in [-0.1, -0.05) is 17.3 Å². The van der Waals surface area contributed by atoms with Crippen LogP contribution in [0.1, 0.15) is 41.0 Å². The summed E-state index contributed by atoms with van der Waals surface area (Å²) in [6, 6.07) is 7.72. The number of aromatic nitrogens is 2. The van der Waals surface area contributed by atoms with Gasteiger partial charge >= 0.3 is 0 Å². The molecule has 1 saturated heterocycles. The molecule has 23 heavy (non-hydrogen) atoms. The lowest BCUT2D eigenvalue weighted by Crippen LogP contribution is -2.23. The SMILES string of the molecule is C[S@](=O)c1ccc(CN2CCC[C@@H]2c2nc(C(N)=O)no2)cc1. The van der Waals surface area contributed by atoms with E-state index in [1.165, 1.54) is 0 Å². The van der Waals surface area contributed by atoms with Gasteiger partial charge in [-0.15, -0.1) is 0 Å². The summed E-state index contributed by atoms with van der Waals surface area (Å²) in [6.07, 6.45) is 3.59. The predicted octanol–water partition coefficient (Wildman–Crippen LogP) is 1.24. The summed E-state index contributed by atoms with van der Waals surface area (Å²) < 4.78 is 16.6. The molecule has 7 nitrogen and oxygen atoms in total. The largest absolute Gasteiger partial charge is 0.363 e. The number of carbonyl (C=O) groups excluding carboxylic acids is 1. The Balaban J connectivity index is 1.73. The maximum atomic E-state index is 11.4. The van der Waals surface area contributed by atoms with Crippen LogP contribution in [-0.2, 0) is 17.3 Å². The summed E-state index contributed by atoms with van der Waals surface area (Å²) in [5.41, 5.74) is 6.29. The number of amides is 1. The molecular formula is C15H18N4O3S. The van der Waals surface area contributed by atoms with Crippen LogP contribution in [0.4, 0.5) is 0 Å². The molecule has 1 fully saturated rings. The zero-order valence-electron chi connectivity index (χ0n) is 12.8. The number of hydrogen-bond donors (Lipinski definition) is 1. The molecule has 2 heterocycles. The van der Waals surface area contributed by atoms with Crippen LogP contribution in [0.15, 0.2) is 33.7 Å². The molecule has 3 rings (SSSR count). The number of nitrogens with two attached hydrogens (primary N) is 1. The third-order valence-corrected chi connectivity index (χ3v) is 4.89. The average Bonchev–Trinajstić information content (AvgIpc) is 3.16. The molecule has 1 aliphatic heterocycles. The van der Waals surface area contributed by atoms with E-state index in [1.54, 1.807) is 6.26 Å². The fraction of sp³-hybridized carbons (Fsp3) is 0.400. The molecule has 0 bridgehead atoms. The van der Waals surface area contributed by atoms with Gasteiger partial charge in [-0.05, 0) is 37.1 Å². The van der Waals surface area contributed by atoms with E-state index < -0.39 is 16.7 Å². The van der Waals surface area contributed by atoms with Gasteiger partial charge in [0.2, 0.25) is 5.89 Å². The van der Waals surface area contributed by atoms with Gasteiger partial charge < -0.3 is 10.3 Å². The van der Waals surface area contributed by atoms with Crippen molar-refractivity contribution in [3.8, 4) is 0 Å². The zero-order valence-corrected chi connectivity index (χ0v) is 13.6. The van der Waals surface area contributed by atoms with E-state index in [1.807, 2.05) is 24.3 Å². The van der Waals surface area contributed by atoms with Crippen molar-refractivity contribution in [2.75, 3.05) is 12.8 Å². The minimum atomic E-state index is -0.970. The lowest BCUT2D eigenvalue weighted by molar-refractivity contribution is 0.0987. The van der Waals surface area contributed by atoms with Crippen molar-refractivity contribution in [1.82, 2.24) is 15.0 Å². The van der Waals surface area contributed by atoms with Crippen molar-refractivity contribution in [3.63, 3.8) is 0 Å². The Hall–Kier alpha value is -2.06. The van der Waals surface area contributed by atoms with E-state index in [-0.39, 0.29) is 11.9 Å². The second-order valence-corrected chi connectivity index (χ2v) is 6.93. The summed E-state index contributed by atoms with van der Waals surface area (Å²) >= 11 is 0. The van der Waals surface area contributed by atoms with Crippen molar-refractivity contribution in [3.05, 3.63) is 41.5 Å². The second kappa shape index (κ2) is 6.59. The average molecular weight is 334 g/mol. The van der Waals surface area contributed by atoms with Gasteiger partial charge in [0, 0.05) is 28.5 Å². The molecule has 1 amide bonds. The fourth-order valence-electron chi connectivity index (χ4n) is 2.79. The summed E-state index contributed by atoms with van der Waals surface area (Å²) in [7, 11) is -0.970. The lowest BCUT2D eigenvalue weighted by Gasteiger charge is -2.21. The van der Waals surface area contributed by atoms with Crippen LogP contribution >= 0.6 is 0 Å². The molecule has 2 aromatic rings. The monoisotopic (exact) mass is 334 g/mol. The van der Waals surface area contributed by atoms with E-state index in [2.05, 4.69) is 15.0 Å². The number of likely N-dealkylation sites (tertiary alicyclic amines) is 1. The highest BCUT2D eigenvalue weighted by Gasteiger charge is 2.31. The number of nitrogens with zero attached hydrogens (tertiary/aromatic N) is 3. The minimum absolute atomic E-state index is 0.00409. The highest BCUT2D eigenvalue weighted by atomic mass is 32.2. The molecule has 0 aliphatic carbocycles. The smallest absolute Gasteiger partial charge is 0.290 e. The molecule has 2 N–H and O–H groups in total. The normalized spacial score (nSPS) is 19.8. The highest BCUT2D eigenvalue weighted by molar-refractivity contribution is 7.84. The number of hydrogen-bond acceptors (Lipinski definition) is 6. The maximum absolute atomic E-state index is 11.4. The number of benzene rings is 1.